The van der Waals surface area contributed by atoms with Crippen molar-refractivity contribution in [2.45, 2.75) is 6.61 Å². The maximum Gasteiger partial charge on any atom is 0.277 e. The Balaban J connectivity index is 2.60. The minimum Gasteiger partial charge on any atom is -0.392 e. The molecule has 1 amide bonds. The lowest BCUT2D eigenvalue weighted by atomic mass is 10.2. The molecule has 0 unspecified atom stereocenters. The van der Waals surface area contributed by atoms with E-state index in [4.69, 9.17) is 10.8 Å². The van der Waals surface area contributed by atoms with Crippen molar-refractivity contribution >= 4 is 27.5 Å². The second-order valence-corrected chi connectivity index (χ2v) is 3.87. The van der Waals surface area contributed by atoms with Crippen LogP contribution in [0, 0.1) is 0 Å². The quantitative estimate of drug-likeness (QED) is 0.769. The van der Waals surface area contributed by atoms with E-state index >= 15 is 0 Å². The Hall–Kier alpha value is -1.46. The molecule has 0 aliphatic heterocycles. The van der Waals surface area contributed by atoms with Gasteiger partial charge in [0, 0.05) is 0 Å². The summed E-state index contributed by atoms with van der Waals surface area (Å²) in [6, 6.07) is 5.34. The molecule has 2 aromatic rings. The fraction of sp³-hybridized carbons (Fsp3) is 0.111. The summed E-state index contributed by atoms with van der Waals surface area (Å²) in [5.41, 5.74) is 6.65. The third kappa shape index (κ3) is 1.47. The van der Waals surface area contributed by atoms with Crippen LogP contribution in [0.5, 0.6) is 0 Å². The number of aromatic nitrogens is 1. The molecule has 3 N–H and O–H groups in total. The monoisotopic (exact) mass is 208 g/mol. The largest absolute Gasteiger partial charge is 0.392 e. The average Bonchev–Trinajstić information content (AvgIpc) is 2.59. The molecular weight excluding hydrogens is 200 g/mol. The number of nitrogens with zero attached hydrogens (tertiary/aromatic N) is 1. The van der Waals surface area contributed by atoms with E-state index in [1.807, 2.05) is 0 Å². The normalized spacial score (nSPS) is 10.6. The maximum absolute atomic E-state index is 10.8. The van der Waals surface area contributed by atoms with Crippen LogP contribution in [0.25, 0.3) is 10.2 Å². The molecule has 1 aromatic carbocycles. The number of nitrogens with two attached hydrogens (primary N) is 1. The lowest BCUT2D eigenvalue weighted by Crippen LogP contribution is -2.09. The highest BCUT2D eigenvalue weighted by Crippen LogP contribution is 2.22. The first-order chi connectivity index (χ1) is 6.70. The summed E-state index contributed by atoms with van der Waals surface area (Å²) in [6.07, 6.45) is 0. The number of carbonyl (C=O) groups is 1. The van der Waals surface area contributed by atoms with E-state index < -0.39 is 5.91 Å². The van der Waals surface area contributed by atoms with Crippen LogP contribution in [0.1, 0.15) is 15.4 Å². The molecule has 2 rings (SSSR count). The third-order valence-corrected chi connectivity index (χ3v) is 2.88. The Bertz CT molecular complexity index is 493. The van der Waals surface area contributed by atoms with Gasteiger partial charge in [-0.25, -0.2) is 4.98 Å². The Morgan fingerprint density at radius 3 is 3.00 bits per heavy atom. The Kier molecular flexibility index (Phi) is 2.18. The number of thiazole rings is 1. The molecular formula is C9H8N2O2S. The number of fused-ring (bicyclic) bond motifs is 1. The summed E-state index contributed by atoms with van der Waals surface area (Å²) >= 11 is 1.24. The van der Waals surface area contributed by atoms with Gasteiger partial charge in [-0.1, -0.05) is 6.07 Å². The molecule has 0 bridgehead atoms. The van der Waals surface area contributed by atoms with Crippen LogP contribution in [-0.4, -0.2) is 16.0 Å². The van der Waals surface area contributed by atoms with Crippen molar-refractivity contribution in [1.29, 1.82) is 0 Å². The summed E-state index contributed by atoms with van der Waals surface area (Å²) in [7, 11) is 0. The van der Waals surface area contributed by atoms with Crippen molar-refractivity contribution in [1.82, 2.24) is 4.98 Å². The van der Waals surface area contributed by atoms with Crippen LogP contribution in [0.2, 0.25) is 0 Å². The van der Waals surface area contributed by atoms with Gasteiger partial charge in [-0.3, -0.25) is 4.79 Å². The maximum atomic E-state index is 10.8. The standard InChI is InChI=1S/C9H8N2O2S/c10-8(13)9-11-6-2-1-5(4-12)3-7(6)14-9/h1-3,12H,4H2,(H2,10,13). The molecule has 0 aliphatic rings. The molecule has 4 nitrogen and oxygen atoms in total. The highest BCUT2D eigenvalue weighted by Gasteiger charge is 2.08. The predicted octanol–water partition coefficient (Wildman–Crippen LogP) is 0.887. The minimum atomic E-state index is -0.517. The van der Waals surface area contributed by atoms with Crippen molar-refractivity contribution in [3.8, 4) is 0 Å². The summed E-state index contributed by atoms with van der Waals surface area (Å²) in [5.74, 6) is -0.517. The van der Waals surface area contributed by atoms with Gasteiger partial charge in [0.05, 0.1) is 16.8 Å². The number of rotatable bonds is 2. The van der Waals surface area contributed by atoms with Gasteiger partial charge < -0.3 is 10.8 Å². The number of primary amides is 1. The first-order valence-corrected chi connectivity index (χ1v) is 4.82. The number of amides is 1. The molecule has 0 radical (unpaired) electrons. The van der Waals surface area contributed by atoms with Gasteiger partial charge in [-0.2, -0.15) is 0 Å². The van der Waals surface area contributed by atoms with Crippen molar-refractivity contribution in [2.24, 2.45) is 5.73 Å². The highest BCUT2D eigenvalue weighted by molar-refractivity contribution is 7.20. The van der Waals surface area contributed by atoms with E-state index in [9.17, 15) is 4.79 Å². The molecule has 0 spiro atoms. The van der Waals surface area contributed by atoms with E-state index in [2.05, 4.69) is 4.98 Å². The molecule has 1 aromatic heterocycles. The molecule has 0 atom stereocenters. The van der Waals surface area contributed by atoms with Gasteiger partial charge in [0.2, 0.25) is 0 Å². The van der Waals surface area contributed by atoms with Gasteiger partial charge in [-0.05, 0) is 17.7 Å². The van der Waals surface area contributed by atoms with Crippen LogP contribution in [0.15, 0.2) is 18.2 Å². The SMILES string of the molecule is NC(=O)c1nc2ccc(CO)cc2s1. The van der Waals surface area contributed by atoms with E-state index in [-0.39, 0.29) is 6.61 Å². The van der Waals surface area contributed by atoms with Gasteiger partial charge >= 0.3 is 0 Å². The Morgan fingerprint density at radius 1 is 1.57 bits per heavy atom. The van der Waals surface area contributed by atoms with Crippen LogP contribution in [0.4, 0.5) is 0 Å². The van der Waals surface area contributed by atoms with E-state index in [0.717, 1.165) is 15.8 Å². The molecule has 14 heavy (non-hydrogen) atoms. The Labute approximate surface area is 84.0 Å². The fourth-order valence-corrected chi connectivity index (χ4v) is 2.05. The van der Waals surface area contributed by atoms with Crippen LogP contribution in [-0.2, 0) is 6.61 Å². The predicted molar refractivity (Wildman–Crippen MR) is 54.1 cm³/mol. The van der Waals surface area contributed by atoms with Gasteiger partial charge in [0.15, 0.2) is 5.01 Å². The minimum absolute atomic E-state index is 0.0141. The number of hydrogen-bond donors (Lipinski definition) is 2. The lowest BCUT2D eigenvalue weighted by molar-refractivity contribution is 0.1000. The number of carbonyl (C=O) groups excluding carboxylic acids is 1. The fourth-order valence-electron chi connectivity index (χ4n) is 1.17. The number of aliphatic hydroxyl groups is 1. The second kappa shape index (κ2) is 3.36. The van der Waals surface area contributed by atoms with Crippen molar-refractivity contribution in [3.05, 3.63) is 28.8 Å². The van der Waals surface area contributed by atoms with Crippen molar-refractivity contribution in [3.63, 3.8) is 0 Å². The molecule has 5 heteroatoms. The molecule has 0 aliphatic carbocycles. The van der Waals surface area contributed by atoms with Crippen molar-refractivity contribution in [2.75, 3.05) is 0 Å². The van der Waals surface area contributed by atoms with Gasteiger partial charge in [0.1, 0.15) is 0 Å². The van der Waals surface area contributed by atoms with E-state index in [1.54, 1.807) is 18.2 Å². The molecule has 0 saturated carbocycles. The lowest BCUT2D eigenvalue weighted by Gasteiger charge is -1.92. The zero-order chi connectivity index (χ0) is 10.1. The molecule has 0 saturated heterocycles. The molecule has 1 heterocycles. The summed E-state index contributed by atoms with van der Waals surface area (Å²) in [5, 5.41) is 9.21. The van der Waals surface area contributed by atoms with Crippen LogP contribution >= 0.6 is 11.3 Å². The highest BCUT2D eigenvalue weighted by atomic mass is 32.1. The first-order valence-electron chi connectivity index (χ1n) is 4.01. The zero-order valence-electron chi connectivity index (χ0n) is 7.23. The summed E-state index contributed by atoms with van der Waals surface area (Å²) < 4.78 is 0.866. The number of benzene rings is 1. The van der Waals surface area contributed by atoms with E-state index in [0.29, 0.717) is 5.01 Å². The molecule has 72 valence electrons. The first kappa shape index (κ1) is 9.11. The third-order valence-electron chi connectivity index (χ3n) is 1.85. The van der Waals surface area contributed by atoms with Gasteiger partial charge in [-0.15, -0.1) is 11.3 Å². The van der Waals surface area contributed by atoms with Crippen LogP contribution < -0.4 is 5.73 Å². The zero-order valence-corrected chi connectivity index (χ0v) is 8.04. The summed E-state index contributed by atoms with van der Waals surface area (Å²) in [4.78, 5) is 14.9. The smallest absolute Gasteiger partial charge is 0.277 e. The molecule has 0 fully saturated rings. The van der Waals surface area contributed by atoms with Crippen LogP contribution in [0.3, 0.4) is 0 Å². The van der Waals surface area contributed by atoms with E-state index in [1.165, 1.54) is 11.3 Å². The number of hydrogen-bond acceptors (Lipinski definition) is 4. The van der Waals surface area contributed by atoms with Crippen molar-refractivity contribution < 1.29 is 9.90 Å². The topological polar surface area (TPSA) is 76.2 Å². The summed E-state index contributed by atoms with van der Waals surface area (Å²) in [6.45, 7) is -0.0141. The van der Waals surface area contributed by atoms with Gasteiger partial charge in [0.25, 0.3) is 5.91 Å². The number of aliphatic hydroxyl groups excluding tert-OH is 1. The second-order valence-electron chi connectivity index (χ2n) is 2.84. The average molecular weight is 208 g/mol. The Morgan fingerprint density at radius 2 is 2.36 bits per heavy atom.